The van der Waals surface area contributed by atoms with Gasteiger partial charge in [0.1, 0.15) is 5.69 Å². The van der Waals surface area contributed by atoms with Crippen LogP contribution in [0.15, 0.2) is 15.5 Å². The molecule has 4 heteroatoms. The summed E-state index contributed by atoms with van der Waals surface area (Å²) < 4.78 is 5.30. The van der Waals surface area contributed by atoms with E-state index in [4.69, 9.17) is 9.68 Å². The molecule has 0 amide bonds. The lowest BCUT2D eigenvalue weighted by molar-refractivity contribution is 0.530. The maximum absolute atomic E-state index is 9.01. The van der Waals surface area contributed by atoms with Crippen LogP contribution in [-0.2, 0) is 0 Å². The Hall–Kier alpha value is -1.89. The minimum atomic E-state index is -0.506. The van der Waals surface area contributed by atoms with Gasteiger partial charge in [0.15, 0.2) is 5.89 Å². The summed E-state index contributed by atoms with van der Waals surface area (Å²) in [6.07, 6.45) is 5.93. The van der Waals surface area contributed by atoms with Crippen molar-refractivity contribution in [3.8, 4) is 6.07 Å². The van der Waals surface area contributed by atoms with Gasteiger partial charge >= 0.3 is 0 Å². The highest BCUT2D eigenvalue weighted by atomic mass is 16.4. The third-order valence-corrected chi connectivity index (χ3v) is 2.33. The zero-order valence-corrected chi connectivity index (χ0v) is 8.69. The molecule has 1 atom stereocenters. The molecule has 0 aromatic carbocycles. The van der Waals surface area contributed by atoms with Crippen molar-refractivity contribution in [3.05, 3.63) is 17.7 Å². The fourth-order valence-corrected chi connectivity index (χ4v) is 1.37. The van der Waals surface area contributed by atoms with E-state index in [2.05, 4.69) is 16.0 Å². The second-order valence-corrected chi connectivity index (χ2v) is 3.80. The van der Waals surface area contributed by atoms with Crippen molar-refractivity contribution < 1.29 is 4.42 Å². The van der Waals surface area contributed by atoms with E-state index in [0.717, 1.165) is 0 Å². The average molecular weight is 201 g/mol. The molecule has 0 saturated heterocycles. The molecule has 15 heavy (non-hydrogen) atoms. The smallest absolute Gasteiger partial charge is 0.246 e. The van der Waals surface area contributed by atoms with Crippen LogP contribution in [0.4, 0.5) is 5.88 Å². The Labute approximate surface area is 88.0 Å². The molecule has 0 saturated carbocycles. The molecule has 1 unspecified atom stereocenters. The maximum Gasteiger partial charge on any atom is 0.246 e. The van der Waals surface area contributed by atoms with Crippen LogP contribution in [-0.4, -0.2) is 11.2 Å². The van der Waals surface area contributed by atoms with Crippen molar-refractivity contribution in [2.75, 3.05) is 0 Å². The first kappa shape index (κ1) is 9.66. The third kappa shape index (κ3) is 1.82. The molecule has 76 valence electrons. The van der Waals surface area contributed by atoms with Gasteiger partial charge in [-0.25, -0.2) is 9.98 Å². The highest BCUT2D eigenvalue weighted by Crippen LogP contribution is 2.29. The van der Waals surface area contributed by atoms with Crippen LogP contribution in [0.3, 0.4) is 0 Å². The monoisotopic (exact) mass is 201 g/mol. The van der Waals surface area contributed by atoms with Gasteiger partial charge in [0.25, 0.3) is 0 Å². The molecule has 2 rings (SSSR count). The van der Waals surface area contributed by atoms with E-state index >= 15 is 0 Å². The van der Waals surface area contributed by atoms with Gasteiger partial charge in [-0.3, -0.25) is 0 Å². The van der Waals surface area contributed by atoms with E-state index in [1.54, 1.807) is 19.2 Å². The van der Waals surface area contributed by atoms with E-state index in [1.807, 2.05) is 13.0 Å². The molecular weight excluding hydrogens is 190 g/mol. The van der Waals surface area contributed by atoms with Gasteiger partial charge < -0.3 is 4.42 Å². The van der Waals surface area contributed by atoms with E-state index in [-0.39, 0.29) is 0 Å². The summed E-state index contributed by atoms with van der Waals surface area (Å²) in [6, 6.07) is 2.25. The van der Waals surface area contributed by atoms with Crippen molar-refractivity contribution in [1.29, 1.82) is 5.26 Å². The Morgan fingerprint density at radius 1 is 1.60 bits per heavy atom. The summed E-state index contributed by atoms with van der Waals surface area (Å²) in [5.74, 6) is 1.10. The topological polar surface area (TPSA) is 62.2 Å². The molecule has 0 bridgehead atoms. The fourth-order valence-electron chi connectivity index (χ4n) is 1.37. The van der Waals surface area contributed by atoms with Gasteiger partial charge in [-0.05, 0) is 13.0 Å². The van der Waals surface area contributed by atoms with Gasteiger partial charge in [0.2, 0.25) is 5.88 Å². The normalized spacial score (nSPS) is 28.3. The molecule has 4 nitrogen and oxygen atoms in total. The molecule has 0 aliphatic carbocycles. The van der Waals surface area contributed by atoms with E-state index in [9.17, 15) is 0 Å². The quantitative estimate of drug-likeness (QED) is 0.648. The minimum Gasteiger partial charge on any atom is -0.423 e. The number of hydrogen-bond donors (Lipinski definition) is 0. The van der Waals surface area contributed by atoms with Crippen LogP contribution in [0.25, 0.3) is 6.08 Å². The zero-order valence-electron chi connectivity index (χ0n) is 8.69. The molecule has 0 spiro atoms. The van der Waals surface area contributed by atoms with Crippen molar-refractivity contribution >= 4 is 18.2 Å². The van der Waals surface area contributed by atoms with Crippen LogP contribution in [0.1, 0.15) is 24.9 Å². The number of aryl methyl sites for hydroxylation is 1. The number of oxazole rings is 1. The summed E-state index contributed by atoms with van der Waals surface area (Å²) in [4.78, 5) is 8.33. The fraction of sp³-hybridized carbons (Fsp3) is 0.364. The summed E-state index contributed by atoms with van der Waals surface area (Å²) >= 11 is 0. The van der Waals surface area contributed by atoms with Crippen molar-refractivity contribution in [2.24, 2.45) is 10.4 Å². The Morgan fingerprint density at radius 2 is 2.40 bits per heavy atom. The Balaban J connectivity index is 2.46. The van der Waals surface area contributed by atoms with Crippen LogP contribution in [0, 0.1) is 23.7 Å². The minimum absolute atomic E-state index is 0.506. The van der Waals surface area contributed by atoms with E-state index < -0.39 is 5.41 Å². The number of fused-ring (bicyclic) bond motifs is 1. The number of hydrogen-bond acceptors (Lipinski definition) is 4. The van der Waals surface area contributed by atoms with Crippen LogP contribution in [0.2, 0.25) is 0 Å². The lowest BCUT2D eigenvalue weighted by Crippen LogP contribution is -2.10. The first-order chi connectivity index (χ1) is 7.13. The summed E-state index contributed by atoms with van der Waals surface area (Å²) in [7, 11) is 0. The Bertz CT molecular complexity index is 479. The SMILES string of the molecule is Cc1nc2c(o1)/N=C\CC(C)(C#N)/C=C\2. The Kier molecular flexibility index (Phi) is 2.16. The first-order valence-electron chi connectivity index (χ1n) is 4.73. The van der Waals surface area contributed by atoms with E-state index in [0.29, 0.717) is 23.9 Å². The molecule has 0 radical (unpaired) electrons. The maximum atomic E-state index is 9.01. The number of aliphatic imine (C=N–C) groups is 1. The number of nitriles is 1. The van der Waals surface area contributed by atoms with Gasteiger partial charge in [-0.2, -0.15) is 5.26 Å². The molecule has 1 aromatic heterocycles. The zero-order chi connectivity index (χ0) is 10.9. The second-order valence-electron chi connectivity index (χ2n) is 3.80. The van der Waals surface area contributed by atoms with Gasteiger partial charge in [-0.15, -0.1) is 0 Å². The van der Waals surface area contributed by atoms with E-state index in [1.165, 1.54) is 0 Å². The molecule has 2 heterocycles. The molecular formula is C11H11N3O. The van der Waals surface area contributed by atoms with Crippen LogP contribution < -0.4 is 0 Å². The predicted molar refractivity (Wildman–Crippen MR) is 56.8 cm³/mol. The summed E-state index contributed by atoms with van der Waals surface area (Å²) in [6.45, 7) is 3.64. The van der Waals surface area contributed by atoms with Crippen molar-refractivity contribution in [1.82, 2.24) is 4.98 Å². The lowest BCUT2D eigenvalue weighted by Gasteiger charge is -2.14. The molecule has 1 aliphatic heterocycles. The van der Waals surface area contributed by atoms with Crippen LogP contribution >= 0.6 is 0 Å². The molecule has 0 fully saturated rings. The number of nitrogens with zero attached hydrogens (tertiary/aromatic N) is 3. The Morgan fingerprint density at radius 3 is 3.13 bits per heavy atom. The molecule has 1 aliphatic rings. The highest BCUT2D eigenvalue weighted by Gasteiger charge is 2.21. The number of aromatic nitrogens is 1. The van der Waals surface area contributed by atoms with Crippen LogP contribution in [0.5, 0.6) is 0 Å². The number of rotatable bonds is 0. The third-order valence-electron chi connectivity index (χ3n) is 2.33. The van der Waals surface area contributed by atoms with Gasteiger partial charge in [0, 0.05) is 19.6 Å². The number of allylic oxidation sites excluding steroid dienone is 1. The first-order valence-corrected chi connectivity index (χ1v) is 4.73. The standard InChI is InChI=1S/C11H11N3O/c1-8-14-9-3-4-11(2,7-12)5-6-13-10(9)15-8/h3-4,6H,5H2,1-2H3/b4-3-,13-6-. The summed E-state index contributed by atoms with van der Waals surface area (Å²) in [5.41, 5.74) is 0.179. The largest absolute Gasteiger partial charge is 0.423 e. The second kappa shape index (κ2) is 3.35. The lowest BCUT2D eigenvalue weighted by atomic mass is 9.88. The molecule has 0 N–H and O–H groups in total. The van der Waals surface area contributed by atoms with Gasteiger partial charge in [-0.1, -0.05) is 6.08 Å². The molecule has 1 aromatic rings. The average Bonchev–Trinajstić information content (AvgIpc) is 2.54. The van der Waals surface area contributed by atoms with Crippen molar-refractivity contribution in [2.45, 2.75) is 20.3 Å². The van der Waals surface area contributed by atoms with Crippen molar-refractivity contribution in [3.63, 3.8) is 0 Å². The summed E-state index contributed by atoms with van der Waals surface area (Å²) in [5, 5.41) is 9.01. The predicted octanol–water partition coefficient (Wildman–Crippen LogP) is 2.63. The highest BCUT2D eigenvalue weighted by molar-refractivity contribution is 5.69. The van der Waals surface area contributed by atoms with Gasteiger partial charge in [0.05, 0.1) is 11.5 Å².